The van der Waals surface area contributed by atoms with Gasteiger partial charge in [-0.3, -0.25) is 10.6 Å². The molecule has 2 unspecified atom stereocenters. The van der Waals surface area contributed by atoms with Crippen LogP contribution in [-0.4, -0.2) is 76.6 Å². The van der Waals surface area contributed by atoms with Gasteiger partial charge in [0.15, 0.2) is 0 Å². The quantitative estimate of drug-likeness (QED) is 0.434. The summed E-state index contributed by atoms with van der Waals surface area (Å²) < 4.78 is 5.71. The molecule has 2 aromatic rings. The van der Waals surface area contributed by atoms with Crippen molar-refractivity contribution in [1.82, 2.24) is 15.1 Å². The van der Waals surface area contributed by atoms with Gasteiger partial charge in [0, 0.05) is 55.7 Å². The maximum absolute atomic E-state index is 6.94. The minimum Gasteiger partial charge on any atom is -0.496 e. The van der Waals surface area contributed by atoms with E-state index in [-0.39, 0.29) is 12.5 Å². The molecule has 0 spiro atoms. The number of piperidine rings is 1. The van der Waals surface area contributed by atoms with E-state index in [1.54, 1.807) is 7.11 Å². The standard InChI is InChI=1S/C28H45N7O/c1-31-16-7-8-17-34-25-11-6-5-10-22(25)27(29)35(28(34)30)21-14-18-33(19-15-21)20-23-24(32(2)3)12-9-13-26(23)36-4/h5-6,9-13,21,27-28,31H,7-8,14-20,29-30H2,1-4H3. The molecule has 198 valence electrons. The zero-order chi connectivity index (χ0) is 25.7. The third-order valence-corrected chi connectivity index (χ3v) is 7.76. The van der Waals surface area contributed by atoms with Crippen molar-refractivity contribution in [2.45, 2.75) is 50.7 Å². The lowest BCUT2D eigenvalue weighted by atomic mass is 9.97. The van der Waals surface area contributed by atoms with Crippen LogP contribution < -0.4 is 31.3 Å². The van der Waals surface area contributed by atoms with Crippen molar-refractivity contribution in [3.8, 4) is 5.75 Å². The highest BCUT2D eigenvalue weighted by molar-refractivity contribution is 5.59. The monoisotopic (exact) mass is 495 g/mol. The number of nitrogens with two attached hydrogens (primary N) is 2. The summed E-state index contributed by atoms with van der Waals surface area (Å²) in [4.78, 5) is 9.43. The number of para-hydroxylation sites is 1. The molecule has 0 aliphatic carbocycles. The van der Waals surface area contributed by atoms with Gasteiger partial charge < -0.3 is 25.6 Å². The third-order valence-electron chi connectivity index (χ3n) is 7.76. The van der Waals surface area contributed by atoms with Crippen molar-refractivity contribution < 1.29 is 4.74 Å². The third kappa shape index (κ3) is 5.63. The second-order valence-electron chi connectivity index (χ2n) is 10.2. The highest BCUT2D eigenvalue weighted by atomic mass is 16.5. The zero-order valence-electron chi connectivity index (χ0n) is 22.5. The van der Waals surface area contributed by atoms with Crippen molar-refractivity contribution in [3.63, 3.8) is 0 Å². The number of nitrogens with zero attached hydrogens (tertiary/aromatic N) is 4. The van der Waals surface area contributed by atoms with E-state index in [1.165, 1.54) is 22.5 Å². The molecule has 1 saturated heterocycles. The summed E-state index contributed by atoms with van der Waals surface area (Å²) in [7, 11) is 7.94. The molecule has 2 heterocycles. The molecule has 0 amide bonds. The Kier molecular flexibility index (Phi) is 9.09. The number of benzene rings is 2. The number of fused-ring (bicyclic) bond motifs is 1. The van der Waals surface area contributed by atoms with E-state index in [0.29, 0.717) is 6.04 Å². The number of likely N-dealkylation sites (tertiary alicyclic amines) is 1. The molecule has 1 fully saturated rings. The van der Waals surface area contributed by atoms with Crippen molar-refractivity contribution in [3.05, 3.63) is 53.6 Å². The summed E-state index contributed by atoms with van der Waals surface area (Å²) in [5, 5.41) is 3.25. The SMILES string of the molecule is CNCCCCN1c2ccccc2C(N)N(C2CCN(Cc3c(OC)cccc3N(C)C)CC2)C1N. The normalized spacial score (nSPS) is 21.4. The van der Waals surface area contributed by atoms with Crippen molar-refractivity contribution in [2.75, 3.05) is 64.2 Å². The second kappa shape index (κ2) is 12.3. The number of hydrogen-bond acceptors (Lipinski definition) is 8. The van der Waals surface area contributed by atoms with E-state index in [0.717, 1.165) is 64.2 Å². The molecule has 0 aromatic heterocycles. The van der Waals surface area contributed by atoms with Gasteiger partial charge in [-0.05, 0) is 70.6 Å². The number of rotatable bonds is 10. The van der Waals surface area contributed by atoms with E-state index in [9.17, 15) is 0 Å². The molecule has 0 bridgehead atoms. The number of methoxy groups -OCH3 is 1. The number of nitrogens with one attached hydrogen (secondary N) is 1. The Balaban J connectivity index is 1.46. The highest BCUT2D eigenvalue weighted by Gasteiger charge is 2.40. The predicted octanol–water partition coefficient (Wildman–Crippen LogP) is 2.75. The second-order valence-corrected chi connectivity index (χ2v) is 10.2. The Bertz CT molecular complexity index is 976. The van der Waals surface area contributed by atoms with Gasteiger partial charge >= 0.3 is 0 Å². The van der Waals surface area contributed by atoms with E-state index in [1.807, 2.05) is 7.05 Å². The van der Waals surface area contributed by atoms with Gasteiger partial charge in [-0.2, -0.15) is 0 Å². The molecule has 2 aliphatic rings. The number of ether oxygens (including phenoxy) is 1. The molecule has 2 aliphatic heterocycles. The van der Waals surface area contributed by atoms with Crippen LogP contribution in [0.4, 0.5) is 11.4 Å². The minimum absolute atomic E-state index is 0.184. The summed E-state index contributed by atoms with van der Waals surface area (Å²) in [6.45, 7) is 4.85. The van der Waals surface area contributed by atoms with Gasteiger partial charge in [0.05, 0.1) is 13.3 Å². The molecule has 2 atom stereocenters. The Morgan fingerprint density at radius 2 is 1.78 bits per heavy atom. The van der Waals surface area contributed by atoms with E-state index in [2.05, 4.69) is 81.5 Å². The van der Waals surface area contributed by atoms with Crippen LogP contribution in [0.5, 0.6) is 5.75 Å². The smallest absolute Gasteiger partial charge is 0.136 e. The van der Waals surface area contributed by atoms with Gasteiger partial charge in [0.25, 0.3) is 0 Å². The number of unbranched alkanes of at least 4 members (excludes halogenated alkanes) is 1. The molecule has 0 radical (unpaired) electrons. The van der Waals surface area contributed by atoms with Gasteiger partial charge in [0.1, 0.15) is 12.0 Å². The summed E-state index contributed by atoms with van der Waals surface area (Å²) in [5.41, 5.74) is 18.6. The Labute approximate surface area is 217 Å². The van der Waals surface area contributed by atoms with E-state index >= 15 is 0 Å². The van der Waals surface area contributed by atoms with Gasteiger partial charge in [-0.15, -0.1) is 0 Å². The van der Waals surface area contributed by atoms with E-state index < -0.39 is 0 Å². The Hall–Kier alpha value is -2.36. The van der Waals surface area contributed by atoms with Crippen LogP contribution in [0, 0.1) is 0 Å². The maximum Gasteiger partial charge on any atom is 0.136 e. The molecule has 36 heavy (non-hydrogen) atoms. The molecular formula is C28H45N7O. The first-order valence-electron chi connectivity index (χ1n) is 13.3. The number of hydrogen-bond donors (Lipinski definition) is 3. The van der Waals surface area contributed by atoms with Crippen LogP contribution in [0.2, 0.25) is 0 Å². The fourth-order valence-electron chi connectivity index (χ4n) is 5.83. The summed E-state index contributed by atoms with van der Waals surface area (Å²) in [6.07, 6.45) is 3.92. The van der Waals surface area contributed by atoms with Gasteiger partial charge in [-0.1, -0.05) is 24.3 Å². The maximum atomic E-state index is 6.94. The van der Waals surface area contributed by atoms with Crippen LogP contribution in [0.1, 0.15) is 43.0 Å². The molecule has 8 nitrogen and oxygen atoms in total. The van der Waals surface area contributed by atoms with Crippen molar-refractivity contribution in [2.24, 2.45) is 11.5 Å². The average Bonchev–Trinajstić information content (AvgIpc) is 2.89. The Morgan fingerprint density at radius 1 is 1.03 bits per heavy atom. The fourth-order valence-corrected chi connectivity index (χ4v) is 5.83. The first-order valence-corrected chi connectivity index (χ1v) is 13.3. The number of anilines is 2. The Morgan fingerprint density at radius 3 is 2.47 bits per heavy atom. The lowest BCUT2D eigenvalue weighted by molar-refractivity contribution is 0.0284. The van der Waals surface area contributed by atoms with Crippen LogP contribution in [0.3, 0.4) is 0 Å². The average molecular weight is 496 g/mol. The van der Waals surface area contributed by atoms with Gasteiger partial charge in [-0.25, -0.2) is 4.90 Å². The summed E-state index contributed by atoms with van der Waals surface area (Å²) in [5.74, 6) is 0.953. The minimum atomic E-state index is -0.212. The van der Waals surface area contributed by atoms with Crippen molar-refractivity contribution in [1.29, 1.82) is 0 Å². The molecule has 4 rings (SSSR count). The van der Waals surface area contributed by atoms with Crippen molar-refractivity contribution >= 4 is 11.4 Å². The topological polar surface area (TPSA) is 86.3 Å². The first kappa shape index (κ1) is 26.7. The lowest BCUT2D eigenvalue weighted by Crippen LogP contribution is -2.64. The van der Waals surface area contributed by atoms with Crippen LogP contribution in [0.25, 0.3) is 0 Å². The predicted molar refractivity (Wildman–Crippen MR) is 149 cm³/mol. The highest BCUT2D eigenvalue weighted by Crippen LogP contribution is 2.38. The molecule has 0 saturated carbocycles. The van der Waals surface area contributed by atoms with Crippen LogP contribution >= 0.6 is 0 Å². The molecule has 5 N–H and O–H groups in total. The molecule has 8 heteroatoms. The zero-order valence-corrected chi connectivity index (χ0v) is 22.5. The lowest BCUT2D eigenvalue weighted by Gasteiger charge is -2.51. The largest absolute Gasteiger partial charge is 0.496 e. The molecule has 2 aromatic carbocycles. The van der Waals surface area contributed by atoms with E-state index in [4.69, 9.17) is 16.2 Å². The first-order chi connectivity index (χ1) is 17.5. The summed E-state index contributed by atoms with van der Waals surface area (Å²) in [6, 6.07) is 15.2. The summed E-state index contributed by atoms with van der Waals surface area (Å²) >= 11 is 0. The fraction of sp³-hybridized carbons (Fsp3) is 0.571. The molecular weight excluding hydrogens is 450 g/mol. The van der Waals surface area contributed by atoms with Crippen LogP contribution in [0.15, 0.2) is 42.5 Å². The van der Waals surface area contributed by atoms with Gasteiger partial charge in [0.2, 0.25) is 0 Å². The van der Waals surface area contributed by atoms with Crippen LogP contribution in [-0.2, 0) is 6.54 Å².